The zero-order chi connectivity index (χ0) is 11.1. The molecule has 1 atom stereocenters. The highest BCUT2D eigenvalue weighted by atomic mass is 32.2. The van der Waals surface area contributed by atoms with Crippen molar-refractivity contribution in [3.63, 3.8) is 0 Å². The van der Waals surface area contributed by atoms with Crippen molar-refractivity contribution in [1.82, 2.24) is 0 Å². The molecule has 0 saturated carbocycles. The third kappa shape index (κ3) is 4.73. The zero-order valence-corrected chi connectivity index (χ0v) is 9.93. The topological polar surface area (TPSA) is 59.4 Å². The Bertz CT molecular complexity index is 275. The molecule has 1 aromatic rings. The van der Waals surface area contributed by atoms with E-state index in [0.29, 0.717) is 6.54 Å². The highest BCUT2D eigenvalue weighted by Gasteiger charge is 2.03. The fraction of sp³-hybridized carbons (Fsp3) is 0.636. The molecule has 0 aliphatic rings. The molecule has 15 heavy (non-hydrogen) atoms. The summed E-state index contributed by atoms with van der Waals surface area (Å²) < 4.78 is 5.56. The molecular weight excluding hydrogens is 210 g/mol. The molecule has 1 unspecified atom stereocenters. The van der Waals surface area contributed by atoms with Crippen molar-refractivity contribution in [2.24, 2.45) is 5.73 Å². The van der Waals surface area contributed by atoms with Gasteiger partial charge in [-0.15, -0.1) is 0 Å². The lowest BCUT2D eigenvalue weighted by atomic mass is 10.3. The lowest BCUT2D eigenvalue weighted by Gasteiger charge is -2.05. The fourth-order valence-electron chi connectivity index (χ4n) is 1.20. The van der Waals surface area contributed by atoms with Crippen molar-refractivity contribution < 1.29 is 9.52 Å². The molecule has 1 heterocycles. The summed E-state index contributed by atoms with van der Waals surface area (Å²) in [5, 5.41) is 9.24. The Morgan fingerprint density at radius 3 is 2.80 bits per heavy atom. The Hall–Kier alpha value is -0.450. The SMILES string of the molecule is CCc1ccc(CSCCC(O)CN)o1. The van der Waals surface area contributed by atoms with Crippen molar-refractivity contribution >= 4 is 11.8 Å². The average Bonchev–Trinajstić information content (AvgIpc) is 2.72. The summed E-state index contributed by atoms with van der Waals surface area (Å²) in [5.41, 5.74) is 5.31. The lowest BCUT2D eigenvalue weighted by molar-refractivity contribution is 0.180. The van der Waals surface area contributed by atoms with Gasteiger partial charge in [0.15, 0.2) is 0 Å². The molecule has 0 spiro atoms. The van der Waals surface area contributed by atoms with Gasteiger partial charge in [-0.3, -0.25) is 0 Å². The standard InChI is InChI=1S/C11H19NO2S/c1-2-10-3-4-11(14-10)8-15-6-5-9(13)7-12/h3-4,9,13H,2,5-8,12H2,1H3. The first-order valence-corrected chi connectivity index (χ1v) is 6.45. The number of furan rings is 1. The summed E-state index contributed by atoms with van der Waals surface area (Å²) in [6.07, 6.45) is 1.33. The van der Waals surface area contributed by atoms with E-state index in [1.165, 1.54) is 0 Å². The predicted molar refractivity (Wildman–Crippen MR) is 63.9 cm³/mol. The lowest BCUT2D eigenvalue weighted by Crippen LogP contribution is -2.20. The minimum absolute atomic E-state index is 0.349. The van der Waals surface area contributed by atoms with Crippen molar-refractivity contribution in [3.8, 4) is 0 Å². The maximum Gasteiger partial charge on any atom is 0.114 e. The summed E-state index contributed by atoms with van der Waals surface area (Å²) in [4.78, 5) is 0. The maximum absolute atomic E-state index is 9.24. The van der Waals surface area contributed by atoms with Gasteiger partial charge < -0.3 is 15.3 Å². The molecule has 86 valence electrons. The van der Waals surface area contributed by atoms with E-state index in [1.54, 1.807) is 11.8 Å². The van der Waals surface area contributed by atoms with E-state index in [9.17, 15) is 5.11 Å². The van der Waals surface area contributed by atoms with Gasteiger partial charge in [-0.05, 0) is 24.3 Å². The Morgan fingerprint density at radius 2 is 2.20 bits per heavy atom. The van der Waals surface area contributed by atoms with Crippen LogP contribution >= 0.6 is 11.8 Å². The van der Waals surface area contributed by atoms with Crippen LogP contribution in [-0.2, 0) is 12.2 Å². The van der Waals surface area contributed by atoms with Gasteiger partial charge in [0.05, 0.1) is 11.9 Å². The molecule has 0 bridgehead atoms. The molecule has 3 nitrogen and oxygen atoms in total. The normalized spacial score (nSPS) is 13.0. The van der Waals surface area contributed by atoms with E-state index in [1.807, 2.05) is 12.1 Å². The van der Waals surface area contributed by atoms with Crippen molar-refractivity contribution in [3.05, 3.63) is 23.7 Å². The number of thioether (sulfide) groups is 1. The van der Waals surface area contributed by atoms with E-state index < -0.39 is 0 Å². The Balaban J connectivity index is 2.14. The van der Waals surface area contributed by atoms with Crippen LogP contribution in [0, 0.1) is 0 Å². The van der Waals surface area contributed by atoms with Gasteiger partial charge in [0, 0.05) is 13.0 Å². The number of nitrogens with two attached hydrogens (primary N) is 1. The van der Waals surface area contributed by atoms with E-state index in [2.05, 4.69) is 6.92 Å². The van der Waals surface area contributed by atoms with Gasteiger partial charge in [0.1, 0.15) is 11.5 Å². The largest absolute Gasteiger partial charge is 0.465 e. The second-order valence-electron chi connectivity index (χ2n) is 3.45. The molecule has 0 aliphatic carbocycles. The van der Waals surface area contributed by atoms with Crippen LogP contribution in [0.15, 0.2) is 16.5 Å². The number of rotatable bonds is 7. The average molecular weight is 229 g/mol. The van der Waals surface area contributed by atoms with Gasteiger partial charge in [-0.1, -0.05) is 6.92 Å². The van der Waals surface area contributed by atoms with Crippen LogP contribution in [0.5, 0.6) is 0 Å². The second-order valence-corrected chi connectivity index (χ2v) is 4.56. The molecule has 4 heteroatoms. The van der Waals surface area contributed by atoms with Gasteiger partial charge in [0.2, 0.25) is 0 Å². The first-order chi connectivity index (χ1) is 7.26. The van der Waals surface area contributed by atoms with E-state index in [4.69, 9.17) is 10.2 Å². The molecule has 0 radical (unpaired) electrons. The highest BCUT2D eigenvalue weighted by Crippen LogP contribution is 2.16. The van der Waals surface area contributed by atoms with E-state index in [0.717, 1.165) is 35.9 Å². The predicted octanol–water partition coefficient (Wildman–Crippen LogP) is 1.78. The monoisotopic (exact) mass is 229 g/mol. The minimum atomic E-state index is -0.361. The Labute approximate surface area is 95.0 Å². The molecule has 0 aromatic carbocycles. The second kappa shape index (κ2) is 6.93. The number of aliphatic hydroxyl groups is 1. The molecule has 0 aliphatic heterocycles. The van der Waals surface area contributed by atoms with Crippen LogP contribution in [0.2, 0.25) is 0 Å². The maximum atomic E-state index is 9.24. The van der Waals surface area contributed by atoms with Crippen LogP contribution in [0.1, 0.15) is 24.9 Å². The van der Waals surface area contributed by atoms with Crippen LogP contribution in [0.4, 0.5) is 0 Å². The zero-order valence-electron chi connectivity index (χ0n) is 9.11. The van der Waals surface area contributed by atoms with Gasteiger partial charge in [-0.2, -0.15) is 11.8 Å². The Morgan fingerprint density at radius 1 is 1.47 bits per heavy atom. The summed E-state index contributed by atoms with van der Waals surface area (Å²) in [6.45, 7) is 2.43. The molecular formula is C11H19NO2S. The highest BCUT2D eigenvalue weighted by molar-refractivity contribution is 7.98. The summed E-state index contributed by atoms with van der Waals surface area (Å²) in [6, 6.07) is 4.04. The van der Waals surface area contributed by atoms with Crippen LogP contribution < -0.4 is 5.73 Å². The molecule has 0 amide bonds. The summed E-state index contributed by atoms with van der Waals surface area (Å²) >= 11 is 1.76. The van der Waals surface area contributed by atoms with Gasteiger partial charge in [-0.25, -0.2) is 0 Å². The van der Waals surface area contributed by atoms with E-state index in [-0.39, 0.29) is 6.10 Å². The third-order valence-electron chi connectivity index (χ3n) is 2.18. The van der Waals surface area contributed by atoms with Crippen molar-refractivity contribution in [1.29, 1.82) is 0 Å². The molecule has 1 rings (SSSR count). The third-order valence-corrected chi connectivity index (χ3v) is 3.19. The number of aliphatic hydroxyl groups excluding tert-OH is 1. The quantitative estimate of drug-likeness (QED) is 0.700. The van der Waals surface area contributed by atoms with Crippen LogP contribution in [0.3, 0.4) is 0 Å². The van der Waals surface area contributed by atoms with E-state index >= 15 is 0 Å². The Kier molecular flexibility index (Phi) is 5.83. The minimum Gasteiger partial charge on any atom is -0.465 e. The summed E-state index contributed by atoms with van der Waals surface area (Å²) in [5.74, 6) is 3.84. The van der Waals surface area contributed by atoms with Gasteiger partial charge in [0.25, 0.3) is 0 Å². The van der Waals surface area contributed by atoms with Gasteiger partial charge >= 0.3 is 0 Å². The van der Waals surface area contributed by atoms with Crippen molar-refractivity contribution in [2.45, 2.75) is 31.6 Å². The van der Waals surface area contributed by atoms with Crippen LogP contribution in [-0.4, -0.2) is 23.5 Å². The molecule has 3 N–H and O–H groups in total. The number of hydrogen-bond acceptors (Lipinski definition) is 4. The van der Waals surface area contributed by atoms with Crippen LogP contribution in [0.25, 0.3) is 0 Å². The first kappa shape index (κ1) is 12.6. The fourth-order valence-corrected chi connectivity index (χ4v) is 2.14. The molecule has 0 fully saturated rings. The molecule has 1 aromatic heterocycles. The van der Waals surface area contributed by atoms with Crippen molar-refractivity contribution in [2.75, 3.05) is 12.3 Å². The number of aryl methyl sites for hydroxylation is 1. The summed E-state index contributed by atoms with van der Waals surface area (Å²) in [7, 11) is 0. The smallest absolute Gasteiger partial charge is 0.114 e. The first-order valence-electron chi connectivity index (χ1n) is 5.29. The molecule has 0 saturated heterocycles. The number of hydrogen-bond donors (Lipinski definition) is 2.